The quantitative estimate of drug-likeness (QED) is 0.436. The number of aromatic nitrogens is 4. The second-order valence-electron chi connectivity index (χ2n) is 8.87. The number of alkyl halides is 3. The Bertz CT molecular complexity index is 1280. The number of piperidine rings is 1. The highest BCUT2D eigenvalue weighted by molar-refractivity contribution is 7.99. The van der Waals surface area contributed by atoms with Gasteiger partial charge in [0.1, 0.15) is 10.8 Å². The summed E-state index contributed by atoms with van der Waals surface area (Å²) in [6.45, 7) is 4.54. The first-order valence-electron chi connectivity index (χ1n) is 11.2. The molecule has 2 saturated heterocycles. The molecule has 0 bridgehead atoms. The van der Waals surface area contributed by atoms with Gasteiger partial charge in [-0.2, -0.15) is 13.2 Å². The molecule has 2 aliphatic rings. The lowest BCUT2D eigenvalue weighted by Crippen LogP contribution is -2.50. The number of carbonyl (C=O) groups is 1. The minimum atomic E-state index is -5.08. The van der Waals surface area contributed by atoms with Gasteiger partial charge in [-0.15, -0.1) is 0 Å². The summed E-state index contributed by atoms with van der Waals surface area (Å²) in [5.41, 5.74) is 13.4. The van der Waals surface area contributed by atoms with E-state index >= 15 is 0 Å². The zero-order valence-electron chi connectivity index (χ0n) is 19.7. The number of carboxylic acids is 1. The number of hydrogen-bond acceptors (Lipinski definition) is 9. The molecular weight excluding hydrogens is 535 g/mol. The van der Waals surface area contributed by atoms with Crippen LogP contribution in [-0.4, -0.2) is 68.4 Å². The van der Waals surface area contributed by atoms with Crippen LogP contribution in [0.2, 0.25) is 5.02 Å². The monoisotopic (exact) mass is 559 g/mol. The molecule has 15 heteroatoms. The highest BCUT2D eigenvalue weighted by Crippen LogP contribution is 2.42. The number of aliphatic carboxylic acids is 1. The first kappa shape index (κ1) is 27.2. The third kappa shape index (κ3) is 5.71. The number of hydrogen-bond donors (Lipinski definition) is 3. The molecule has 200 valence electrons. The molecule has 0 saturated carbocycles. The van der Waals surface area contributed by atoms with Crippen LogP contribution < -0.4 is 16.4 Å². The van der Waals surface area contributed by atoms with Crippen LogP contribution in [0.15, 0.2) is 40.8 Å². The van der Waals surface area contributed by atoms with E-state index in [0.717, 1.165) is 43.3 Å². The number of nitrogens with two attached hydrogens (primary N) is 2. The molecule has 0 aliphatic carbocycles. The molecule has 37 heavy (non-hydrogen) atoms. The molecule has 0 aromatic carbocycles. The maximum Gasteiger partial charge on any atom is 0.490 e. The summed E-state index contributed by atoms with van der Waals surface area (Å²) < 4.78 is 39.4. The zero-order chi connectivity index (χ0) is 27.0. The Morgan fingerprint density at radius 3 is 2.54 bits per heavy atom. The SMILES string of the molecule is C[C@@H]1OCC2(CCN(c3cnc(Sc4ccn5ccnc5c4Cl)c(N)n3)CC2)[C@@H]1N.O=C(O)C(F)(F)F. The third-order valence-corrected chi connectivity index (χ3v) is 8.15. The molecule has 2 fully saturated rings. The van der Waals surface area contributed by atoms with Crippen LogP contribution in [0.5, 0.6) is 0 Å². The fraction of sp³-hybridized carbons (Fsp3) is 0.455. The second-order valence-corrected chi connectivity index (χ2v) is 10.3. The van der Waals surface area contributed by atoms with Gasteiger partial charge in [-0.3, -0.25) is 0 Å². The summed E-state index contributed by atoms with van der Waals surface area (Å²) in [5, 5.41) is 8.33. The van der Waals surface area contributed by atoms with E-state index in [1.165, 1.54) is 11.8 Å². The molecule has 10 nitrogen and oxygen atoms in total. The van der Waals surface area contributed by atoms with Crippen molar-refractivity contribution in [2.45, 2.75) is 48.0 Å². The normalized spacial score (nSPS) is 21.2. The first-order valence-corrected chi connectivity index (χ1v) is 12.4. The molecule has 5 N–H and O–H groups in total. The Morgan fingerprint density at radius 1 is 1.30 bits per heavy atom. The number of rotatable bonds is 3. The van der Waals surface area contributed by atoms with E-state index in [4.69, 9.17) is 37.7 Å². The lowest BCUT2D eigenvalue weighted by molar-refractivity contribution is -0.192. The van der Waals surface area contributed by atoms with Crippen LogP contribution in [0.4, 0.5) is 24.8 Å². The number of halogens is 4. The molecule has 5 heterocycles. The van der Waals surface area contributed by atoms with Gasteiger partial charge in [-0.1, -0.05) is 23.4 Å². The topological polar surface area (TPSA) is 145 Å². The summed E-state index contributed by atoms with van der Waals surface area (Å²) >= 11 is 7.89. The van der Waals surface area contributed by atoms with Crippen molar-refractivity contribution in [3.63, 3.8) is 0 Å². The predicted molar refractivity (Wildman–Crippen MR) is 132 cm³/mol. The summed E-state index contributed by atoms with van der Waals surface area (Å²) in [7, 11) is 0. The number of nitrogens with zero attached hydrogens (tertiary/aromatic N) is 5. The van der Waals surface area contributed by atoms with Crippen molar-refractivity contribution in [1.82, 2.24) is 19.4 Å². The molecule has 0 amide bonds. The van der Waals surface area contributed by atoms with Crippen molar-refractivity contribution in [3.8, 4) is 0 Å². The van der Waals surface area contributed by atoms with E-state index in [9.17, 15) is 13.2 Å². The minimum absolute atomic E-state index is 0.0763. The first-order chi connectivity index (χ1) is 17.4. The number of ether oxygens (including phenoxy) is 1. The zero-order valence-corrected chi connectivity index (χ0v) is 21.2. The molecule has 2 atom stereocenters. The van der Waals surface area contributed by atoms with E-state index in [2.05, 4.69) is 26.8 Å². The maximum atomic E-state index is 10.6. The Morgan fingerprint density at radius 2 is 1.97 bits per heavy atom. The lowest BCUT2D eigenvalue weighted by Gasteiger charge is -2.41. The number of carboxylic acid groups (broad SMARTS) is 1. The van der Waals surface area contributed by atoms with Gasteiger partial charge in [0, 0.05) is 48.0 Å². The molecule has 1 spiro atoms. The summed E-state index contributed by atoms with van der Waals surface area (Å²) in [4.78, 5) is 25.4. The smallest absolute Gasteiger partial charge is 0.475 e. The van der Waals surface area contributed by atoms with Gasteiger partial charge in [-0.05, 0) is 25.8 Å². The van der Waals surface area contributed by atoms with E-state index in [-0.39, 0.29) is 17.6 Å². The van der Waals surface area contributed by atoms with Crippen molar-refractivity contribution < 1.29 is 27.8 Å². The lowest BCUT2D eigenvalue weighted by atomic mass is 9.73. The Labute approximate surface area is 219 Å². The molecule has 3 aromatic heterocycles. The van der Waals surface area contributed by atoms with Gasteiger partial charge in [-0.25, -0.2) is 19.7 Å². The average Bonchev–Trinajstić information content (AvgIpc) is 3.44. The fourth-order valence-electron chi connectivity index (χ4n) is 4.39. The van der Waals surface area contributed by atoms with E-state index < -0.39 is 12.1 Å². The van der Waals surface area contributed by atoms with Gasteiger partial charge in [0.15, 0.2) is 11.5 Å². The van der Waals surface area contributed by atoms with Gasteiger partial charge in [0.2, 0.25) is 0 Å². The Kier molecular flexibility index (Phi) is 7.74. The predicted octanol–water partition coefficient (Wildman–Crippen LogP) is 3.48. The highest BCUT2D eigenvalue weighted by Gasteiger charge is 2.47. The third-order valence-electron chi connectivity index (χ3n) is 6.60. The molecule has 0 unspecified atom stereocenters. The summed E-state index contributed by atoms with van der Waals surface area (Å²) in [5.74, 6) is -1.57. The average molecular weight is 560 g/mol. The standard InChI is InChI=1S/C20H24ClN7OS.C2HF3O2/c1-12-16(22)20(11-29-12)3-7-27(8-4-20)14-10-25-19(17(23)26-14)30-13-2-6-28-9-5-24-18(28)15(13)21;3-2(4,5)1(6)7/h2,5-6,9-10,12,16H,3-4,7-8,11,22H2,1H3,(H2,23,26);(H,6,7)/t12-,16+;/m0./s1. The van der Waals surface area contributed by atoms with Crippen LogP contribution in [0.25, 0.3) is 5.65 Å². The van der Waals surface area contributed by atoms with Gasteiger partial charge in [0.05, 0.1) is 23.9 Å². The summed E-state index contributed by atoms with van der Waals surface area (Å²) in [6.07, 6.45) is 4.27. The van der Waals surface area contributed by atoms with Gasteiger partial charge in [0.25, 0.3) is 0 Å². The number of imidazole rings is 1. The molecule has 2 aliphatic heterocycles. The van der Waals surface area contributed by atoms with Crippen molar-refractivity contribution in [2.24, 2.45) is 11.1 Å². The van der Waals surface area contributed by atoms with Crippen molar-refractivity contribution >= 4 is 46.6 Å². The number of anilines is 2. The summed E-state index contributed by atoms with van der Waals surface area (Å²) in [6, 6.07) is 2.01. The van der Waals surface area contributed by atoms with Gasteiger partial charge < -0.3 is 30.6 Å². The van der Waals surface area contributed by atoms with Crippen LogP contribution in [0.3, 0.4) is 0 Å². The van der Waals surface area contributed by atoms with E-state index in [1.54, 1.807) is 12.4 Å². The molecule has 3 aromatic rings. The molecule has 0 radical (unpaired) electrons. The fourth-order valence-corrected chi connectivity index (χ4v) is 5.48. The van der Waals surface area contributed by atoms with Crippen molar-refractivity contribution in [3.05, 3.63) is 35.9 Å². The highest BCUT2D eigenvalue weighted by atomic mass is 35.5. The van der Waals surface area contributed by atoms with E-state index in [0.29, 0.717) is 21.5 Å². The van der Waals surface area contributed by atoms with E-state index in [1.807, 2.05) is 22.9 Å². The largest absolute Gasteiger partial charge is 0.490 e. The molecule has 5 rings (SSSR count). The van der Waals surface area contributed by atoms with Crippen LogP contribution in [0.1, 0.15) is 19.8 Å². The Hall–Kier alpha value is -2.81. The Balaban J connectivity index is 0.000000405. The van der Waals surface area contributed by atoms with Gasteiger partial charge >= 0.3 is 12.1 Å². The number of pyridine rings is 1. The van der Waals surface area contributed by atoms with Crippen LogP contribution >= 0.6 is 23.4 Å². The number of nitrogen functional groups attached to an aromatic ring is 1. The minimum Gasteiger partial charge on any atom is -0.475 e. The molecular formula is C22H25ClF3N7O3S. The maximum absolute atomic E-state index is 10.6. The van der Waals surface area contributed by atoms with Crippen molar-refractivity contribution in [2.75, 3.05) is 30.3 Å². The van der Waals surface area contributed by atoms with Crippen LogP contribution in [-0.2, 0) is 9.53 Å². The number of fused-ring (bicyclic) bond motifs is 1. The second kappa shape index (κ2) is 10.5. The van der Waals surface area contributed by atoms with Crippen molar-refractivity contribution in [1.29, 1.82) is 0 Å². The van der Waals surface area contributed by atoms with Crippen LogP contribution in [0, 0.1) is 5.41 Å².